The predicted octanol–water partition coefficient (Wildman–Crippen LogP) is 2.08. The molecule has 0 aromatic carbocycles. The molecule has 21 heavy (non-hydrogen) atoms. The number of piperidine rings is 1. The Morgan fingerprint density at radius 1 is 1.29 bits per heavy atom. The minimum absolute atomic E-state index is 0.0183. The van der Waals surface area contributed by atoms with Crippen LogP contribution < -0.4 is 10.2 Å². The van der Waals surface area contributed by atoms with Crippen LogP contribution in [0.2, 0.25) is 0 Å². The molecule has 1 N–H and O–H groups in total. The first-order valence-electron chi connectivity index (χ1n) is 7.33. The molecule has 110 valence electrons. The summed E-state index contributed by atoms with van der Waals surface area (Å²) in [6, 6.07) is 7.95. The zero-order valence-electron chi connectivity index (χ0n) is 12.2. The van der Waals surface area contributed by atoms with Gasteiger partial charge >= 0.3 is 0 Å². The Bertz CT molecular complexity index is 602. The van der Waals surface area contributed by atoms with Crippen LogP contribution >= 0.6 is 0 Å². The fraction of sp³-hybridized carbons (Fsp3) is 0.375. The molecular formula is C16H20N4O. The zero-order valence-corrected chi connectivity index (χ0v) is 12.2. The van der Waals surface area contributed by atoms with Crippen LogP contribution in [0.5, 0.6) is 0 Å². The Morgan fingerprint density at radius 3 is 2.71 bits per heavy atom. The highest BCUT2D eigenvalue weighted by Crippen LogP contribution is 2.23. The van der Waals surface area contributed by atoms with Crippen LogP contribution in [0.25, 0.3) is 0 Å². The summed E-state index contributed by atoms with van der Waals surface area (Å²) in [4.78, 5) is 18.4. The van der Waals surface area contributed by atoms with Crippen LogP contribution in [0.15, 0.2) is 42.9 Å². The second-order valence-electron chi connectivity index (χ2n) is 5.35. The number of nitrogens with zero attached hydrogens (tertiary/aromatic N) is 3. The van der Waals surface area contributed by atoms with E-state index in [1.807, 2.05) is 30.5 Å². The third-order valence-electron chi connectivity index (χ3n) is 4.05. The van der Waals surface area contributed by atoms with E-state index in [2.05, 4.69) is 14.9 Å². The van der Waals surface area contributed by atoms with E-state index in [0.717, 1.165) is 37.3 Å². The summed E-state index contributed by atoms with van der Waals surface area (Å²) >= 11 is 0. The lowest BCUT2D eigenvalue weighted by Gasteiger charge is -2.27. The second kappa shape index (κ2) is 6.10. The maximum Gasteiger partial charge on any atom is 0.274 e. The smallest absolute Gasteiger partial charge is 0.274 e. The van der Waals surface area contributed by atoms with Crippen LogP contribution in [0.3, 0.4) is 0 Å². The monoisotopic (exact) mass is 284 g/mol. The molecule has 1 saturated heterocycles. The fourth-order valence-electron chi connectivity index (χ4n) is 2.83. The number of nitrogens with one attached hydrogen (secondary N) is 1. The third-order valence-corrected chi connectivity index (χ3v) is 4.05. The fourth-order valence-corrected chi connectivity index (χ4v) is 2.83. The van der Waals surface area contributed by atoms with Crippen LogP contribution in [0, 0.1) is 0 Å². The highest BCUT2D eigenvalue weighted by atomic mass is 16.2. The average molecular weight is 284 g/mol. The molecule has 2 aromatic heterocycles. The highest BCUT2D eigenvalue weighted by Gasteiger charge is 2.22. The van der Waals surface area contributed by atoms with Gasteiger partial charge in [0.2, 0.25) is 0 Å². The molecule has 1 aliphatic heterocycles. The second-order valence-corrected chi connectivity index (χ2v) is 5.35. The summed E-state index contributed by atoms with van der Waals surface area (Å²) < 4.78 is 2.13. The molecule has 0 spiro atoms. The molecule has 1 fully saturated rings. The van der Waals surface area contributed by atoms with Crippen molar-refractivity contribution in [3.05, 3.63) is 48.5 Å². The van der Waals surface area contributed by atoms with E-state index < -0.39 is 0 Å². The van der Waals surface area contributed by atoms with Gasteiger partial charge in [0.05, 0.1) is 0 Å². The van der Waals surface area contributed by atoms with Gasteiger partial charge in [-0.25, -0.2) is 0 Å². The number of hydrogen-bond acceptors (Lipinski definition) is 3. The van der Waals surface area contributed by atoms with E-state index in [1.165, 1.54) is 0 Å². The van der Waals surface area contributed by atoms with Gasteiger partial charge in [0, 0.05) is 37.4 Å². The van der Waals surface area contributed by atoms with Gasteiger partial charge in [-0.15, -0.1) is 0 Å². The molecule has 5 heteroatoms. The van der Waals surface area contributed by atoms with Crippen molar-refractivity contribution in [2.45, 2.75) is 18.9 Å². The number of anilines is 1. The van der Waals surface area contributed by atoms with Crippen LogP contribution in [-0.4, -0.2) is 35.6 Å². The normalized spacial score (nSPS) is 15.9. The molecular weight excluding hydrogens is 264 g/mol. The van der Waals surface area contributed by atoms with Crippen molar-refractivity contribution in [1.82, 2.24) is 14.9 Å². The van der Waals surface area contributed by atoms with E-state index in [-0.39, 0.29) is 5.91 Å². The Labute approximate surface area is 124 Å². The number of rotatable bonds is 3. The Hall–Kier alpha value is -2.14. The van der Waals surface area contributed by atoms with E-state index in [9.17, 15) is 4.79 Å². The standard InChI is InChI=1S/C16H20N4O/c1-19(13-4-8-17-9-5-13)16(21)15-3-2-12-20(15)14-6-10-18-11-7-14/h2-5,8-9,12,14,18H,6-7,10-11H2,1H3. The highest BCUT2D eigenvalue weighted by molar-refractivity contribution is 6.04. The van der Waals surface area contributed by atoms with Crippen molar-refractivity contribution in [2.24, 2.45) is 0 Å². The van der Waals surface area contributed by atoms with Gasteiger partial charge < -0.3 is 14.8 Å². The van der Waals surface area contributed by atoms with E-state index in [0.29, 0.717) is 6.04 Å². The molecule has 0 atom stereocenters. The van der Waals surface area contributed by atoms with Crippen molar-refractivity contribution < 1.29 is 4.79 Å². The maximum atomic E-state index is 12.7. The molecule has 0 aliphatic carbocycles. The molecule has 0 unspecified atom stereocenters. The van der Waals surface area contributed by atoms with Crippen molar-refractivity contribution in [1.29, 1.82) is 0 Å². The maximum absolute atomic E-state index is 12.7. The molecule has 0 saturated carbocycles. The Balaban J connectivity index is 1.83. The molecule has 1 aliphatic rings. The minimum atomic E-state index is 0.0183. The van der Waals surface area contributed by atoms with Crippen molar-refractivity contribution in [3.8, 4) is 0 Å². The molecule has 0 bridgehead atoms. The Kier molecular flexibility index (Phi) is 4.01. The number of pyridine rings is 1. The summed E-state index contributed by atoms with van der Waals surface area (Å²) in [7, 11) is 1.80. The van der Waals surface area contributed by atoms with Crippen molar-refractivity contribution >= 4 is 11.6 Å². The van der Waals surface area contributed by atoms with E-state index in [4.69, 9.17) is 0 Å². The quantitative estimate of drug-likeness (QED) is 0.939. The van der Waals surface area contributed by atoms with Crippen molar-refractivity contribution in [3.63, 3.8) is 0 Å². The van der Waals surface area contributed by atoms with Crippen LogP contribution in [0.4, 0.5) is 5.69 Å². The number of amides is 1. The van der Waals surface area contributed by atoms with Crippen LogP contribution in [0.1, 0.15) is 29.4 Å². The topological polar surface area (TPSA) is 50.2 Å². The number of carbonyl (C=O) groups excluding carboxylic acids is 1. The van der Waals surface area contributed by atoms with Gasteiger partial charge in [-0.3, -0.25) is 9.78 Å². The molecule has 0 radical (unpaired) electrons. The summed E-state index contributed by atoms with van der Waals surface area (Å²) in [6.45, 7) is 2.02. The molecule has 5 nitrogen and oxygen atoms in total. The number of aromatic nitrogens is 2. The molecule has 3 rings (SSSR count). The van der Waals surface area contributed by atoms with Crippen molar-refractivity contribution in [2.75, 3.05) is 25.0 Å². The first-order chi connectivity index (χ1) is 10.3. The summed E-state index contributed by atoms with van der Waals surface area (Å²) in [5, 5.41) is 3.36. The first kappa shape index (κ1) is 13.8. The third kappa shape index (κ3) is 2.83. The van der Waals surface area contributed by atoms with Gasteiger partial charge in [-0.2, -0.15) is 0 Å². The number of hydrogen-bond donors (Lipinski definition) is 1. The summed E-state index contributed by atoms with van der Waals surface area (Å²) in [5.41, 5.74) is 1.61. The van der Waals surface area contributed by atoms with Gasteiger partial charge in [0.1, 0.15) is 5.69 Å². The van der Waals surface area contributed by atoms with Crippen LogP contribution in [-0.2, 0) is 0 Å². The lowest BCUT2D eigenvalue weighted by molar-refractivity contribution is 0.0980. The Morgan fingerprint density at radius 2 is 2.00 bits per heavy atom. The molecule has 2 aromatic rings. The minimum Gasteiger partial charge on any atom is -0.340 e. The van der Waals surface area contributed by atoms with Gasteiger partial charge in [-0.1, -0.05) is 0 Å². The lowest BCUT2D eigenvalue weighted by atomic mass is 10.1. The summed E-state index contributed by atoms with van der Waals surface area (Å²) in [6.07, 6.45) is 7.54. The molecule has 3 heterocycles. The first-order valence-corrected chi connectivity index (χ1v) is 7.33. The SMILES string of the molecule is CN(C(=O)c1cccn1C1CCNCC1)c1ccncc1. The van der Waals surface area contributed by atoms with Gasteiger partial charge in [0.25, 0.3) is 5.91 Å². The average Bonchev–Trinajstić information content (AvgIpc) is 3.04. The van der Waals surface area contributed by atoms with E-state index in [1.54, 1.807) is 24.3 Å². The van der Waals surface area contributed by atoms with Gasteiger partial charge in [-0.05, 0) is 50.2 Å². The predicted molar refractivity (Wildman–Crippen MR) is 82.5 cm³/mol. The lowest BCUT2D eigenvalue weighted by Crippen LogP contribution is -2.33. The zero-order chi connectivity index (χ0) is 14.7. The molecule has 1 amide bonds. The number of carbonyl (C=O) groups is 1. The van der Waals surface area contributed by atoms with E-state index >= 15 is 0 Å². The van der Waals surface area contributed by atoms with Gasteiger partial charge in [0.15, 0.2) is 0 Å². The largest absolute Gasteiger partial charge is 0.340 e. The summed E-state index contributed by atoms with van der Waals surface area (Å²) in [5.74, 6) is 0.0183.